The molecule has 3 rings (SSSR count). The van der Waals surface area contributed by atoms with Crippen LogP contribution in [0.25, 0.3) is 22.7 Å². The second-order valence-electron chi connectivity index (χ2n) is 3.08. The number of imidazole rings is 1. The summed E-state index contributed by atoms with van der Waals surface area (Å²) in [4.78, 5) is 16.5. The van der Waals surface area contributed by atoms with E-state index in [1.165, 1.54) is 12.7 Å². The van der Waals surface area contributed by atoms with E-state index in [1.807, 2.05) is 11.6 Å². The first-order chi connectivity index (χ1) is 7.36. The summed E-state index contributed by atoms with van der Waals surface area (Å²) < 4.78 is 1.83. The van der Waals surface area contributed by atoms with Crippen molar-refractivity contribution in [1.82, 2.24) is 34.7 Å². The van der Waals surface area contributed by atoms with Crippen molar-refractivity contribution in [3.05, 3.63) is 19.0 Å². The van der Waals surface area contributed by atoms with Crippen molar-refractivity contribution in [2.24, 2.45) is 7.05 Å². The van der Waals surface area contributed by atoms with Gasteiger partial charge >= 0.3 is 0 Å². The minimum atomic E-state index is 0.598. The third-order valence-electron chi connectivity index (χ3n) is 2.14. The van der Waals surface area contributed by atoms with Crippen LogP contribution in [0.5, 0.6) is 0 Å². The summed E-state index contributed by atoms with van der Waals surface area (Å²) in [5, 5.41) is 6.54. The summed E-state index contributed by atoms with van der Waals surface area (Å²) in [5.74, 6) is 0.598. The Hall–Kier alpha value is -2.31. The summed E-state index contributed by atoms with van der Waals surface area (Å²) >= 11 is 0. The maximum atomic E-state index is 4.22. The van der Waals surface area contributed by atoms with Crippen molar-refractivity contribution < 1.29 is 0 Å². The predicted molar refractivity (Wildman–Crippen MR) is 51.7 cm³/mol. The number of aromatic nitrogens is 7. The first kappa shape index (κ1) is 8.04. The number of hydrogen-bond acceptors (Lipinski definition) is 5. The molecule has 0 radical (unpaired) electrons. The van der Waals surface area contributed by atoms with E-state index >= 15 is 0 Å². The van der Waals surface area contributed by atoms with Crippen LogP contribution in [0.1, 0.15) is 0 Å². The van der Waals surface area contributed by atoms with Crippen LogP contribution >= 0.6 is 0 Å². The van der Waals surface area contributed by atoms with E-state index in [2.05, 4.69) is 30.1 Å². The molecule has 0 amide bonds. The van der Waals surface area contributed by atoms with E-state index in [1.54, 1.807) is 6.33 Å². The highest BCUT2D eigenvalue weighted by Gasteiger charge is 2.11. The zero-order valence-corrected chi connectivity index (χ0v) is 7.92. The molecule has 0 aliphatic carbocycles. The van der Waals surface area contributed by atoms with Crippen LogP contribution in [0.15, 0.2) is 19.0 Å². The highest BCUT2D eigenvalue weighted by molar-refractivity contribution is 5.84. The van der Waals surface area contributed by atoms with Crippen molar-refractivity contribution in [2.75, 3.05) is 0 Å². The van der Waals surface area contributed by atoms with E-state index in [0.29, 0.717) is 11.5 Å². The van der Waals surface area contributed by atoms with E-state index in [4.69, 9.17) is 0 Å². The van der Waals surface area contributed by atoms with Gasteiger partial charge in [0.25, 0.3) is 0 Å². The first-order valence-electron chi connectivity index (χ1n) is 4.34. The van der Waals surface area contributed by atoms with Crippen LogP contribution in [-0.4, -0.2) is 34.7 Å². The average molecular weight is 201 g/mol. The Bertz CT molecular complexity index is 595. The largest absolute Gasteiger partial charge is 0.318 e. The zero-order chi connectivity index (χ0) is 10.3. The minimum Gasteiger partial charge on any atom is -0.318 e. The van der Waals surface area contributed by atoms with Gasteiger partial charge in [0, 0.05) is 7.05 Å². The summed E-state index contributed by atoms with van der Waals surface area (Å²) in [5.41, 5.74) is 2.16. The van der Waals surface area contributed by atoms with Gasteiger partial charge in [0.05, 0.1) is 6.33 Å². The lowest BCUT2D eigenvalue weighted by Gasteiger charge is -1.96. The highest BCUT2D eigenvalue weighted by atomic mass is 15.2. The molecule has 0 spiro atoms. The van der Waals surface area contributed by atoms with Gasteiger partial charge in [-0.2, -0.15) is 5.10 Å². The predicted octanol–water partition coefficient (Wildman–Crippen LogP) is 0.148. The maximum absolute atomic E-state index is 4.22. The van der Waals surface area contributed by atoms with Crippen LogP contribution in [0, 0.1) is 0 Å². The molecule has 3 aromatic heterocycles. The fraction of sp³-hybridized carbons (Fsp3) is 0.125. The molecule has 0 fully saturated rings. The lowest BCUT2D eigenvalue weighted by atomic mass is 10.3. The normalized spacial score (nSPS) is 11.0. The molecule has 74 valence electrons. The first-order valence-corrected chi connectivity index (χ1v) is 4.34. The van der Waals surface area contributed by atoms with E-state index in [9.17, 15) is 0 Å². The van der Waals surface area contributed by atoms with Crippen LogP contribution in [0.3, 0.4) is 0 Å². The second kappa shape index (κ2) is 2.84. The highest BCUT2D eigenvalue weighted by Crippen LogP contribution is 2.19. The Labute approximate surface area is 84.2 Å². The fourth-order valence-corrected chi connectivity index (χ4v) is 1.44. The van der Waals surface area contributed by atoms with E-state index < -0.39 is 0 Å². The summed E-state index contributed by atoms with van der Waals surface area (Å²) in [7, 11) is 1.88. The zero-order valence-electron chi connectivity index (χ0n) is 7.92. The van der Waals surface area contributed by atoms with Crippen molar-refractivity contribution in [3.8, 4) is 11.5 Å². The molecule has 0 unspecified atom stereocenters. The second-order valence-corrected chi connectivity index (χ2v) is 3.08. The Morgan fingerprint density at radius 3 is 2.87 bits per heavy atom. The van der Waals surface area contributed by atoms with Crippen molar-refractivity contribution in [2.45, 2.75) is 0 Å². The number of aryl methyl sites for hydroxylation is 1. The molecular formula is C8H7N7. The van der Waals surface area contributed by atoms with Gasteiger partial charge in [-0.1, -0.05) is 0 Å². The van der Waals surface area contributed by atoms with Gasteiger partial charge in [-0.05, 0) is 0 Å². The third-order valence-corrected chi connectivity index (χ3v) is 2.14. The molecule has 0 aliphatic heterocycles. The summed E-state index contributed by atoms with van der Waals surface area (Å²) in [6.07, 6.45) is 4.62. The number of nitrogens with one attached hydrogen (secondary N) is 1. The lowest BCUT2D eigenvalue weighted by Crippen LogP contribution is -1.92. The Morgan fingerprint density at radius 1 is 1.13 bits per heavy atom. The molecule has 0 aromatic carbocycles. The van der Waals surface area contributed by atoms with E-state index in [-0.39, 0.29) is 0 Å². The topological polar surface area (TPSA) is 85.2 Å². The maximum Gasteiger partial charge on any atom is 0.176 e. The van der Waals surface area contributed by atoms with Gasteiger partial charge in [0.1, 0.15) is 23.9 Å². The molecule has 0 saturated heterocycles. The number of rotatable bonds is 1. The van der Waals surface area contributed by atoms with Crippen molar-refractivity contribution in [1.29, 1.82) is 0 Å². The number of fused-ring (bicyclic) bond motifs is 1. The van der Waals surface area contributed by atoms with Gasteiger partial charge in [0.15, 0.2) is 11.5 Å². The van der Waals surface area contributed by atoms with Crippen LogP contribution in [-0.2, 0) is 7.05 Å². The quantitative estimate of drug-likeness (QED) is 0.605. The van der Waals surface area contributed by atoms with Crippen LogP contribution in [0.2, 0.25) is 0 Å². The fourth-order valence-electron chi connectivity index (χ4n) is 1.44. The molecule has 7 nitrogen and oxygen atoms in total. The monoisotopic (exact) mass is 201 g/mol. The van der Waals surface area contributed by atoms with E-state index in [0.717, 1.165) is 11.2 Å². The Morgan fingerprint density at radius 2 is 2.07 bits per heavy atom. The molecule has 0 bridgehead atoms. The molecule has 0 saturated carbocycles. The molecular weight excluding hydrogens is 194 g/mol. The number of hydrogen-bond donors (Lipinski definition) is 1. The van der Waals surface area contributed by atoms with Crippen LogP contribution < -0.4 is 0 Å². The van der Waals surface area contributed by atoms with Gasteiger partial charge in [0.2, 0.25) is 0 Å². The van der Waals surface area contributed by atoms with Gasteiger partial charge < -0.3 is 4.57 Å². The molecule has 0 aliphatic rings. The Kier molecular flexibility index (Phi) is 1.52. The smallest absolute Gasteiger partial charge is 0.176 e. The van der Waals surface area contributed by atoms with Gasteiger partial charge in [-0.3, -0.25) is 5.10 Å². The third kappa shape index (κ3) is 1.09. The van der Waals surface area contributed by atoms with Crippen LogP contribution in [0.4, 0.5) is 0 Å². The molecule has 7 heteroatoms. The molecule has 1 N–H and O–H groups in total. The van der Waals surface area contributed by atoms with Crippen molar-refractivity contribution in [3.63, 3.8) is 0 Å². The van der Waals surface area contributed by atoms with Gasteiger partial charge in [-0.15, -0.1) is 0 Å². The standard InChI is InChI=1S/C8H7N7/c1-15-4-12-6-5(7-10-3-13-14-7)9-2-11-8(6)15/h2-4H,1H3,(H,10,13,14). The number of nitrogens with zero attached hydrogens (tertiary/aromatic N) is 6. The lowest BCUT2D eigenvalue weighted by molar-refractivity contribution is 0.928. The number of H-pyrrole nitrogens is 1. The number of aromatic amines is 1. The Balaban J connectivity index is 2.36. The van der Waals surface area contributed by atoms with Crippen molar-refractivity contribution >= 4 is 11.2 Å². The van der Waals surface area contributed by atoms with Gasteiger partial charge in [-0.25, -0.2) is 19.9 Å². The summed E-state index contributed by atoms with van der Waals surface area (Å²) in [6.45, 7) is 0. The molecule has 15 heavy (non-hydrogen) atoms. The SMILES string of the molecule is Cn1cnc2c(-c3ncn[nH]3)ncnc21. The average Bonchev–Trinajstić information content (AvgIpc) is 2.88. The molecule has 3 aromatic rings. The molecule has 0 atom stereocenters. The minimum absolute atomic E-state index is 0.598. The summed E-state index contributed by atoms with van der Waals surface area (Å²) in [6, 6.07) is 0. The molecule has 3 heterocycles.